The predicted octanol–water partition coefficient (Wildman–Crippen LogP) is -6.09. The van der Waals surface area contributed by atoms with Gasteiger partial charge in [0.1, 0.15) is 0 Å². The van der Waals surface area contributed by atoms with Crippen LogP contribution in [0.3, 0.4) is 0 Å². The van der Waals surface area contributed by atoms with E-state index >= 15 is 0 Å². The van der Waals surface area contributed by atoms with Gasteiger partial charge in [-0.15, -0.1) is 0 Å². The van der Waals surface area contributed by atoms with Crippen LogP contribution in [0.4, 0.5) is 0 Å². The second-order valence-electron chi connectivity index (χ2n) is 0.102. The van der Waals surface area contributed by atoms with Gasteiger partial charge < -0.3 is 12.4 Å². The molecule has 0 radical (unpaired) electrons. The van der Waals surface area contributed by atoms with E-state index in [9.17, 15) is 0 Å². The van der Waals surface area contributed by atoms with Gasteiger partial charge in [-0.3, -0.25) is 0 Å². The van der Waals surface area contributed by atoms with Crippen molar-refractivity contribution in [3.8, 4) is 0 Å². The molecule has 0 rings (SSSR count). The van der Waals surface area contributed by atoms with Crippen molar-refractivity contribution in [2.24, 2.45) is 0 Å². The fourth-order valence-corrected chi connectivity index (χ4v) is 0. The van der Waals surface area contributed by atoms with E-state index in [1.165, 1.54) is 0 Å². The molecule has 0 aromatic carbocycles. The molecule has 24 valence electrons. The van der Waals surface area contributed by atoms with Gasteiger partial charge in [0.25, 0.3) is 0 Å². The van der Waals surface area contributed by atoms with Gasteiger partial charge in [0.05, 0.1) is 0 Å². The monoisotopic (exact) mass is 211 g/mol. The van der Waals surface area contributed by atoms with Gasteiger partial charge in [-0.1, -0.05) is 0 Å². The van der Waals surface area contributed by atoms with Gasteiger partial charge in [-0.25, -0.2) is 10.2 Å². The molecule has 0 bridgehead atoms. The zero-order valence-corrected chi connectivity index (χ0v) is 9.82. The summed E-state index contributed by atoms with van der Waals surface area (Å²) in [7, 11) is 0. The SMILES string of the molecule is N=C=O.[Cl-].[Cs+]. The zero-order chi connectivity index (χ0) is 2.71. The first-order valence-electron chi connectivity index (χ1n) is 0.454. The molecule has 0 heterocycles. The first-order valence-corrected chi connectivity index (χ1v) is 0.454. The van der Waals surface area contributed by atoms with Crippen LogP contribution in [0.15, 0.2) is 0 Å². The van der Waals surface area contributed by atoms with E-state index in [2.05, 4.69) is 0 Å². The van der Waals surface area contributed by atoms with E-state index in [4.69, 9.17) is 10.2 Å². The predicted molar refractivity (Wildman–Crippen MR) is 8.41 cm³/mol. The van der Waals surface area contributed by atoms with Crippen molar-refractivity contribution in [1.29, 1.82) is 5.41 Å². The van der Waals surface area contributed by atoms with Crippen LogP contribution < -0.4 is 81.3 Å². The molecule has 4 heteroatoms. The molecule has 0 aromatic rings. The Bertz CT molecular complexity index is 32.6. The van der Waals surface area contributed by atoms with Crippen molar-refractivity contribution in [3.05, 3.63) is 0 Å². The minimum Gasteiger partial charge on any atom is -1.00 e. The van der Waals surface area contributed by atoms with E-state index in [0.29, 0.717) is 0 Å². The molecule has 0 saturated carbocycles. The van der Waals surface area contributed by atoms with Gasteiger partial charge in [0.2, 0.25) is 6.08 Å². The average molecular weight is 211 g/mol. The van der Waals surface area contributed by atoms with Gasteiger partial charge in [0, 0.05) is 0 Å². The molecule has 0 aliphatic heterocycles. The first kappa shape index (κ1) is 15.9. The summed E-state index contributed by atoms with van der Waals surface area (Å²) in [6.45, 7) is 0. The molecule has 0 amide bonds. The summed E-state index contributed by atoms with van der Waals surface area (Å²) in [5.74, 6) is 0. The Hall–Kier alpha value is 1.72. The van der Waals surface area contributed by atoms with Gasteiger partial charge >= 0.3 is 68.9 Å². The quantitative estimate of drug-likeness (QED) is 0.314. The van der Waals surface area contributed by atoms with Crippen LogP contribution in [0.1, 0.15) is 0 Å². The van der Waals surface area contributed by atoms with Gasteiger partial charge in [-0.2, -0.15) is 0 Å². The van der Waals surface area contributed by atoms with Crippen LogP contribution in [0.25, 0.3) is 0 Å². The molecule has 0 aliphatic rings. The topological polar surface area (TPSA) is 40.9 Å². The minimum atomic E-state index is 0. The number of isocyanates is 1. The van der Waals surface area contributed by atoms with Crippen LogP contribution in [0.5, 0.6) is 0 Å². The maximum Gasteiger partial charge on any atom is 1.00 e. The molecule has 0 saturated heterocycles. The Kier molecular flexibility index (Phi) is 54.7. The van der Waals surface area contributed by atoms with Crippen LogP contribution in [0.2, 0.25) is 0 Å². The van der Waals surface area contributed by atoms with Crippen molar-refractivity contribution < 1.29 is 86.1 Å². The second kappa shape index (κ2) is 17.2. The van der Waals surface area contributed by atoms with Crippen molar-refractivity contribution in [3.63, 3.8) is 0 Å². The Morgan fingerprint density at radius 1 is 1.60 bits per heavy atom. The van der Waals surface area contributed by atoms with E-state index in [-0.39, 0.29) is 81.3 Å². The largest absolute Gasteiger partial charge is 1.00 e. The van der Waals surface area contributed by atoms with Gasteiger partial charge in [-0.05, 0) is 0 Å². The maximum absolute atomic E-state index is 8.35. The summed E-state index contributed by atoms with van der Waals surface area (Å²) in [5, 5.41) is 5.40. The van der Waals surface area contributed by atoms with Crippen LogP contribution in [0, 0.1) is 5.41 Å². The molecule has 0 unspecified atom stereocenters. The fraction of sp³-hybridized carbons (Fsp3) is 0. The molecule has 0 aliphatic carbocycles. The molecule has 0 aromatic heterocycles. The molecule has 5 heavy (non-hydrogen) atoms. The van der Waals surface area contributed by atoms with E-state index < -0.39 is 0 Å². The van der Waals surface area contributed by atoms with Crippen LogP contribution in [-0.4, -0.2) is 6.08 Å². The molecular weight excluding hydrogens is 210 g/mol. The van der Waals surface area contributed by atoms with Crippen molar-refractivity contribution in [2.45, 2.75) is 0 Å². The van der Waals surface area contributed by atoms with E-state index in [1.54, 1.807) is 0 Å². The van der Waals surface area contributed by atoms with E-state index in [0.717, 1.165) is 6.08 Å². The summed E-state index contributed by atoms with van der Waals surface area (Å²) in [6, 6.07) is 0. The number of halogens is 1. The number of hydrogen-bond donors (Lipinski definition) is 1. The Labute approximate surface area is 95.0 Å². The molecule has 2 nitrogen and oxygen atoms in total. The maximum atomic E-state index is 8.35. The molecule has 0 atom stereocenters. The molecular formula is CHClCsNO. The standard InChI is InChI=1S/CHNO.ClH.Cs/c2-1-3;;/h2H;1H;/q;;+1/p-1. The normalized spacial score (nSPS) is 1.60. The van der Waals surface area contributed by atoms with Crippen molar-refractivity contribution >= 4 is 6.08 Å². The Morgan fingerprint density at radius 2 is 1.60 bits per heavy atom. The van der Waals surface area contributed by atoms with Gasteiger partial charge in [0.15, 0.2) is 0 Å². The summed E-state index contributed by atoms with van der Waals surface area (Å²) < 4.78 is 0. The number of carbonyl (C=O) groups excluding carboxylic acids is 1. The number of nitrogens with one attached hydrogen (secondary N) is 1. The molecule has 0 spiro atoms. The third-order valence-electron chi connectivity index (χ3n) is 0. The summed E-state index contributed by atoms with van der Waals surface area (Å²) in [4.78, 5) is 8.35. The van der Waals surface area contributed by atoms with Crippen LogP contribution in [-0.2, 0) is 4.79 Å². The minimum absolute atomic E-state index is 0. The van der Waals surface area contributed by atoms with E-state index in [1.807, 2.05) is 0 Å². The first-order chi connectivity index (χ1) is 1.41. The van der Waals surface area contributed by atoms with Crippen molar-refractivity contribution in [1.82, 2.24) is 0 Å². The fourth-order valence-electron chi connectivity index (χ4n) is 0. The Balaban J connectivity index is -0.0000000200. The summed E-state index contributed by atoms with van der Waals surface area (Å²) >= 11 is 0. The number of rotatable bonds is 0. The second-order valence-corrected chi connectivity index (χ2v) is 0.102. The van der Waals surface area contributed by atoms with Crippen LogP contribution >= 0.6 is 0 Å². The zero-order valence-electron chi connectivity index (χ0n) is 2.79. The molecule has 1 N–H and O–H groups in total. The Morgan fingerprint density at radius 3 is 1.60 bits per heavy atom. The summed E-state index contributed by atoms with van der Waals surface area (Å²) in [5.41, 5.74) is 0. The smallest absolute Gasteiger partial charge is 1.00 e. The summed E-state index contributed by atoms with van der Waals surface area (Å²) in [6.07, 6.45) is 0.750. The average Bonchev–Trinajstić information content (AvgIpc) is 0.918. The van der Waals surface area contributed by atoms with Crippen molar-refractivity contribution in [2.75, 3.05) is 0 Å². The number of hydrogen-bond acceptors (Lipinski definition) is 2. The third kappa shape index (κ3) is 26.7. The third-order valence-corrected chi connectivity index (χ3v) is 0. The molecule has 0 fully saturated rings.